The van der Waals surface area contributed by atoms with Gasteiger partial charge < -0.3 is 10.1 Å². The minimum absolute atomic E-state index is 0.258. The first-order valence-electron chi connectivity index (χ1n) is 4.38. The number of nitrogens with one attached hydrogen (secondary N) is 1. The molecule has 0 aliphatic carbocycles. The van der Waals surface area contributed by atoms with Crippen molar-refractivity contribution in [3.63, 3.8) is 0 Å². The Bertz CT molecular complexity index is 398. The number of nitrogens with zero attached hydrogens (tertiary/aromatic N) is 2. The fourth-order valence-electron chi connectivity index (χ4n) is 1.08. The highest BCUT2D eigenvalue weighted by molar-refractivity contribution is 5.79. The molecule has 0 aromatic carbocycles. The van der Waals surface area contributed by atoms with Crippen molar-refractivity contribution in [3.8, 4) is 6.07 Å². The Morgan fingerprint density at radius 3 is 3.07 bits per heavy atom. The lowest BCUT2D eigenvalue weighted by Crippen LogP contribution is -2.27. The second-order valence-electron chi connectivity index (χ2n) is 2.90. The van der Waals surface area contributed by atoms with Crippen molar-refractivity contribution < 1.29 is 9.53 Å². The zero-order valence-corrected chi connectivity index (χ0v) is 8.52. The van der Waals surface area contributed by atoms with Crippen LogP contribution in [0.3, 0.4) is 0 Å². The fourth-order valence-corrected chi connectivity index (χ4v) is 1.08. The molecule has 0 radical (unpaired) electrons. The smallest absolute Gasteiger partial charge is 0.327 e. The van der Waals surface area contributed by atoms with Crippen LogP contribution >= 0.6 is 0 Å². The number of rotatable bonds is 3. The standard InChI is InChI=1S/C10H11N3O2/c1-7(10(14)15-2)13-8-4-3-5-12-9(8)6-11/h3-5,7,13H,1-2H3. The van der Waals surface area contributed by atoms with E-state index in [0.717, 1.165) is 0 Å². The summed E-state index contributed by atoms with van der Waals surface area (Å²) in [6, 6.07) is 4.80. The Kier molecular flexibility index (Phi) is 3.63. The minimum atomic E-state index is -0.508. The number of nitriles is 1. The van der Waals surface area contributed by atoms with E-state index >= 15 is 0 Å². The summed E-state index contributed by atoms with van der Waals surface area (Å²) in [5, 5.41) is 11.6. The molecule has 1 aromatic heterocycles. The molecule has 0 spiro atoms. The van der Waals surface area contributed by atoms with Gasteiger partial charge in [0.15, 0.2) is 5.69 Å². The number of hydrogen-bond acceptors (Lipinski definition) is 5. The highest BCUT2D eigenvalue weighted by Crippen LogP contribution is 2.12. The third-order valence-electron chi connectivity index (χ3n) is 1.84. The van der Waals surface area contributed by atoms with Gasteiger partial charge in [-0.05, 0) is 19.1 Å². The molecule has 0 aliphatic heterocycles. The summed E-state index contributed by atoms with van der Waals surface area (Å²) in [5.41, 5.74) is 0.783. The van der Waals surface area contributed by atoms with Crippen LogP contribution in [-0.4, -0.2) is 24.1 Å². The van der Waals surface area contributed by atoms with E-state index in [2.05, 4.69) is 15.0 Å². The van der Waals surface area contributed by atoms with E-state index in [1.165, 1.54) is 13.3 Å². The molecular formula is C10H11N3O2. The predicted octanol–water partition coefficient (Wildman–Crippen LogP) is 0.927. The van der Waals surface area contributed by atoms with E-state index in [1.807, 2.05) is 6.07 Å². The molecule has 15 heavy (non-hydrogen) atoms. The Balaban J connectivity index is 2.81. The molecule has 0 aliphatic rings. The van der Waals surface area contributed by atoms with E-state index in [4.69, 9.17) is 5.26 Å². The van der Waals surface area contributed by atoms with Crippen molar-refractivity contribution in [1.82, 2.24) is 4.98 Å². The molecule has 0 fully saturated rings. The van der Waals surface area contributed by atoms with Crippen molar-refractivity contribution in [3.05, 3.63) is 24.0 Å². The van der Waals surface area contributed by atoms with Crippen LogP contribution in [-0.2, 0) is 9.53 Å². The van der Waals surface area contributed by atoms with Crippen LogP contribution in [0.1, 0.15) is 12.6 Å². The molecule has 0 saturated carbocycles. The van der Waals surface area contributed by atoms with Crippen LogP contribution in [0.4, 0.5) is 5.69 Å². The average molecular weight is 205 g/mol. The zero-order valence-electron chi connectivity index (χ0n) is 8.52. The van der Waals surface area contributed by atoms with E-state index in [-0.39, 0.29) is 11.7 Å². The maximum absolute atomic E-state index is 11.1. The summed E-state index contributed by atoms with van der Waals surface area (Å²) in [7, 11) is 1.31. The summed E-state index contributed by atoms with van der Waals surface area (Å²) in [6.45, 7) is 1.65. The summed E-state index contributed by atoms with van der Waals surface area (Å²) in [6.07, 6.45) is 1.52. The molecule has 1 atom stereocenters. The lowest BCUT2D eigenvalue weighted by Gasteiger charge is -2.12. The largest absolute Gasteiger partial charge is 0.467 e. The van der Waals surface area contributed by atoms with Crippen LogP contribution in [0.5, 0.6) is 0 Å². The summed E-state index contributed by atoms with van der Waals surface area (Å²) in [4.78, 5) is 15.0. The maximum Gasteiger partial charge on any atom is 0.327 e. The second-order valence-corrected chi connectivity index (χ2v) is 2.90. The van der Waals surface area contributed by atoms with Gasteiger partial charge in [-0.15, -0.1) is 0 Å². The Hall–Kier alpha value is -2.09. The zero-order chi connectivity index (χ0) is 11.3. The van der Waals surface area contributed by atoms with Crippen molar-refractivity contribution in [2.45, 2.75) is 13.0 Å². The molecule has 0 saturated heterocycles. The van der Waals surface area contributed by atoms with Gasteiger partial charge in [-0.25, -0.2) is 9.78 Å². The van der Waals surface area contributed by atoms with Gasteiger partial charge in [0.1, 0.15) is 12.1 Å². The molecule has 1 rings (SSSR count). The first kappa shape index (κ1) is 11.0. The molecule has 78 valence electrons. The average Bonchev–Trinajstić information content (AvgIpc) is 2.28. The molecule has 1 unspecified atom stereocenters. The highest BCUT2D eigenvalue weighted by atomic mass is 16.5. The lowest BCUT2D eigenvalue weighted by molar-refractivity contribution is -0.141. The van der Waals surface area contributed by atoms with Gasteiger partial charge in [0.25, 0.3) is 0 Å². The Morgan fingerprint density at radius 1 is 1.73 bits per heavy atom. The lowest BCUT2D eigenvalue weighted by atomic mass is 10.2. The number of carbonyl (C=O) groups is 1. The van der Waals surface area contributed by atoms with Crippen molar-refractivity contribution in [2.24, 2.45) is 0 Å². The van der Waals surface area contributed by atoms with Gasteiger partial charge in [-0.1, -0.05) is 0 Å². The number of hydrogen-bond donors (Lipinski definition) is 1. The van der Waals surface area contributed by atoms with Crippen LogP contribution in [0, 0.1) is 11.3 Å². The molecular weight excluding hydrogens is 194 g/mol. The van der Waals surface area contributed by atoms with Crippen LogP contribution in [0.2, 0.25) is 0 Å². The van der Waals surface area contributed by atoms with Gasteiger partial charge in [0, 0.05) is 6.20 Å². The van der Waals surface area contributed by atoms with Gasteiger partial charge in [-0.2, -0.15) is 5.26 Å². The van der Waals surface area contributed by atoms with Gasteiger partial charge in [0.2, 0.25) is 0 Å². The second kappa shape index (κ2) is 4.96. The van der Waals surface area contributed by atoms with E-state index in [9.17, 15) is 4.79 Å². The monoisotopic (exact) mass is 205 g/mol. The van der Waals surface area contributed by atoms with Crippen LogP contribution in [0.25, 0.3) is 0 Å². The molecule has 5 nitrogen and oxygen atoms in total. The van der Waals surface area contributed by atoms with Gasteiger partial charge in [-0.3, -0.25) is 0 Å². The maximum atomic E-state index is 11.1. The number of esters is 1. The first-order valence-corrected chi connectivity index (χ1v) is 4.38. The quantitative estimate of drug-likeness (QED) is 0.743. The van der Waals surface area contributed by atoms with Crippen LogP contribution in [0.15, 0.2) is 18.3 Å². The number of aromatic nitrogens is 1. The summed E-state index contributed by atoms with van der Waals surface area (Å²) < 4.78 is 4.55. The highest BCUT2D eigenvalue weighted by Gasteiger charge is 2.14. The van der Waals surface area contributed by atoms with Crippen molar-refractivity contribution in [1.29, 1.82) is 5.26 Å². The molecule has 1 N–H and O–H groups in total. The third kappa shape index (κ3) is 2.68. The number of carbonyl (C=O) groups excluding carboxylic acids is 1. The van der Waals surface area contributed by atoms with Crippen molar-refractivity contribution in [2.75, 3.05) is 12.4 Å². The summed E-state index contributed by atoms with van der Waals surface area (Å²) in [5.74, 6) is -0.386. The Labute approximate surface area is 87.7 Å². The van der Waals surface area contributed by atoms with E-state index in [1.54, 1.807) is 19.1 Å². The number of pyridine rings is 1. The molecule has 0 amide bonds. The van der Waals surface area contributed by atoms with Gasteiger partial charge >= 0.3 is 5.97 Å². The normalized spacial score (nSPS) is 11.3. The molecule has 5 heteroatoms. The summed E-state index contributed by atoms with van der Waals surface area (Å²) >= 11 is 0. The molecule has 1 heterocycles. The van der Waals surface area contributed by atoms with Crippen LogP contribution < -0.4 is 5.32 Å². The SMILES string of the molecule is COC(=O)C(C)Nc1cccnc1C#N. The van der Waals surface area contributed by atoms with Crippen molar-refractivity contribution >= 4 is 11.7 Å². The van der Waals surface area contributed by atoms with Gasteiger partial charge in [0.05, 0.1) is 12.8 Å². The predicted molar refractivity (Wildman–Crippen MR) is 54.1 cm³/mol. The van der Waals surface area contributed by atoms with E-state index in [0.29, 0.717) is 5.69 Å². The molecule has 1 aromatic rings. The Morgan fingerprint density at radius 2 is 2.47 bits per heavy atom. The minimum Gasteiger partial charge on any atom is -0.467 e. The number of ether oxygens (including phenoxy) is 1. The number of methoxy groups -OCH3 is 1. The third-order valence-corrected chi connectivity index (χ3v) is 1.84. The first-order chi connectivity index (χ1) is 7.19. The van der Waals surface area contributed by atoms with E-state index < -0.39 is 6.04 Å². The fraction of sp³-hybridized carbons (Fsp3) is 0.300. The molecule has 0 bridgehead atoms. The topological polar surface area (TPSA) is 75.0 Å². The number of anilines is 1.